The minimum absolute atomic E-state index is 0.148. The Morgan fingerprint density at radius 3 is 2.62 bits per heavy atom. The van der Waals surface area contributed by atoms with Crippen LogP contribution in [0.1, 0.15) is 39.5 Å². The lowest BCUT2D eigenvalue weighted by atomic mass is 10.0. The number of amides is 1. The van der Waals surface area contributed by atoms with Crippen LogP contribution in [0.4, 0.5) is 0 Å². The molecule has 0 radical (unpaired) electrons. The maximum atomic E-state index is 12.3. The van der Waals surface area contributed by atoms with Gasteiger partial charge in [0.1, 0.15) is 23.1 Å². The van der Waals surface area contributed by atoms with E-state index in [2.05, 4.69) is 29.4 Å². The highest BCUT2D eigenvalue weighted by Gasteiger charge is 2.13. The number of aromatic nitrogens is 1. The lowest BCUT2D eigenvalue weighted by Crippen LogP contribution is -2.27. The van der Waals surface area contributed by atoms with Crippen molar-refractivity contribution in [1.82, 2.24) is 10.3 Å². The van der Waals surface area contributed by atoms with Gasteiger partial charge in [-0.15, -0.1) is 11.3 Å². The molecule has 1 amide bonds. The van der Waals surface area contributed by atoms with E-state index in [1.807, 2.05) is 49.4 Å². The molecule has 1 atom stereocenters. The molecule has 0 aliphatic heterocycles. The van der Waals surface area contributed by atoms with Crippen molar-refractivity contribution in [3.05, 3.63) is 81.8 Å². The number of carbonyl (C=O) groups excluding carboxylic acids is 1. The van der Waals surface area contributed by atoms with E-state index in [0.717, 1.165) is 10.8 Å². The van der Waals surface area contributed by atoms with Crippen LogP contribution in [0.5, 0.6) is 5.75 Å². The van der Waals surface area contributed by atoms with Crippen LogP contribution in [0.2, 0.25) is 0 Å². The molecule has 3 aromatic rings. The zero-order valence-corrected chi connectivity index (χ0v) is 15.8. The SMILES string of the molecule is Cc1ccc(OCc2nc(C(=O)NCC(C)c3ccccc3)cs2)cc1. The first kappa shape index (κ1) is 18.1. The molecule has 0 saturated heterocycles. The van der Waals surface area contributed by atoms with Gasteiger partial charge < -0.3 is 10.1 Å². The average molecular weight is 366 g/mol. The van der Waals surface area contributed by atoms with Crippen LogP contribution in [0.3, 0.4) is 0 Å². The van der Waals surface area contributed by atoms with Crippen molar-refractivity contribution in [1.29, 1.82) is 0 Å². The average Bonchev–Trinajstić information content (AvgIpc) is 3.15. The predicted octanol–water partition coefficient (Wildman–Crippen LogP) is 4.56. The second kappa shape index (κ2) is 8.63. The molecule has 0 spiro atoms. The molecule has 26 heavy (non-hydrogen) atoms. The molecule has 1 heterocycles. The first-order valence-electron chi connectivity index (χ1n) is 8.59. The maximum absolute atomic E-state index is 12.3. The number of aryl methyl sites for hydroxylation is 1. The van der Waals surface area contributed by atoms with Crippen LogP contribution < -0.4 is 10.1 Å². The highest BCUT2D eigenvalue weighted by molar-refractivity contribution is 7.09. The van der Waals surface area contributed by atoms with E-state index < -0.39 is 0 Å². The van der Waals surface area contributed by atoms with Crippen molar-refractivity contribution in [3.63, 3.8) is 0 Å². The van der Waals surface area contributed by atoms with Gasteiger partial charge >= 0.3 is 0 Å². The minimum atomic E-state index is -0.148. The lowest BCUT2D eigenvalue weighted by molar-refractivity contribution is 0.0947. The van der Waals surface area contributed by atoms with Crippen molar-refractivity contribution in [3.8, 4) is 5.75 Å². The van der Waals surface area contributed by atoms with E-state index in [-0.39, 0.29) is 11.8 Å². The van der Waals surface area contributed by atoms with Crippen LogP contribution in [0.15, 0.2) is 60.0 Å². The Balaban J connectivity index is 1.50. The molecular weight excluding hydrogens is 344 g/mol. The fraction of sp³-hybridized carbons (Fsp3) is 0.238. The van der Waals surface area contributed by atoms with Gasteiger partial charge in [0.25, 0.3) is 5.91 Å². The summed E-state index contributed by atoms with van der Waals surface area (Å²) >= 11 is 1.43. The lowest BCUT2D eigenvalue weighted by Gasteiger charge is -2.12. The van der Waals surface area contributed by atoms with Gasteiger partial charge in [-0.2, -0.15) is 0 Å². The Morgan fingerprint density at radius 1 is 1.15 bits per heavy atom. The summed E-state index contributed by atoms with van der Waals surface area (Å²) in [5.41, 5.74) is 2.84. The molecule has 1 N–H and O–H groups in total. The molecule has 1 aromatic heterocycles. The molecule has 0 fully saturated rings. The number of ether oxygens (including phenoxy) is 1. The Morgan fingerprint density at radius 2 is 1.88 bits per heavy atom. The fourth-order valence-corrected chi connectivity index (χ4v) is 3.18. The van der Waals surface area contributed by atoms with Crippen molar-refractivity contribution in [2.75, 3.05) is 6.54 Å². The summed E-state index contributed by atoms with van der Waals surface area (Å²) in [4.78, 5) is 16.7. The molecule has 4 nitrogen and oxygen atoms in total. The van der Waals surface area contributed by atoms with Gasteiger partial charge in [0.2, 0.25) is 0 Å². The Bertz CT molecular complexity index is 844. The normalized spacial score (nSPS) is 11.8. The fourth-order valence-electron chi connectivity index (χ4n) is 2.50. The summed E-state index contributed by atoms with van der Waals surface area (Å²) in [6.45, 7) is 5.07. The third-order valence-corrected chi connectivity index (χ3v) is 4.93. The van der Waals surface area contributed by atoms with E-state index in [0.29, 0.717) is 18.8 Å². The number of benzene rings is 2. The predicted molar refractivity (Wildman–Crippen MR) is 105 cm³/mol. The molecule has 134 valence electrons. The molecule has 5 heteroatoms. The number of hydrogen-bond acceptors (Lipinski definition) is 4. The van der Waals surface area contributed by atoms with E-state index in [1.54, 1.807) is 5.38 Å². The Hall–Kier alpha value is -2.66. The molecule has 3 rings (SSSR count). The molecule has 1 unspecified atom stereocenters. The second-order valence-corrected chi connectivity index (χ2v) is 7.19. The van der Waals surface area contributed by atoms with Gasteiger partial charge in [-0.05, 0) is 30.5 Å². The molecule has 0 aliphatic rings. The first-order valence-corrected chi connectivity index (χ1v) is 9.47. The van der Waals surface area contributed by atoms with Gasteiger partial charge in [-0.25, -0.2) is 4.98 Å². The van der Waals surface area contributed by atoms with Gasteiger partial charge in [-0.1, -0.05) is 55.0 Å². The van der Waals surface area contributed by atoms with Crippen molar-refractivity contribution in [2.24, 2.45) is 0 Å². The van der Waals surface area contributed by atoms with E-state index in [9.17, 15) is 4.79 Å². The summed E-state index contributed by atoms with van der Waals surface area (Å²) < 4.78 is 5.71. The Kier molecular flexibility index (Phi) is 6.02. The topological polar surface area (TPSA) is 51.2 Å². The zero-order chi connectivity index (χ0) is 18.4. The summed E-state index contributed by atoms with van der Waals surface area (Å²) in [6, 6.07) is 18.0. The molecule has 0 bridgehead atoms. The van der Waals surface area contributed by atoms with E-state index in [1.165, 1.54) is 22.5 Å². The van der Waals surface area contributed by atoms with Crippen LogP contribution in [0.25, 0.3) is 0 Å². The molecule has 2 aromatic carbocycles. The number of hydrogen-bond donors (Lipinski definition) is 1. The number of nitrogens with zero attached hydrogens (tertiary/aromatic N) is 1. The maximum Gasteiger partial charge on any atom is 0.270 e. The van der Waals surface area contributed by atoms with Crippen molar-refractivity contribution in [2.45, 2.75) is 26.4 Å². The van der Waals surface area contributed by atoms with Gasteiger partial charge in [0, 0.05) is 11.9 Å². The smallest absolute Gasteiger partial charge is 0.270 e. The van der Waals surface area contributed by atoms with Gasteiger partial charge in [0.05, 0.1) is 0 Å². The Labute approximate surface area is 157 Å². The van der Waals surface area contributed by atoms with Crippen LogP contribution >= 0.6 is 11.3 Å². The van der Waals surface area contributed by atoms with Gasteiger partial charge in [-0.3, -0.25) is 4.79 Å². The second-order valence-electron chi connectivity index (χ2n) is 6.25. The molecular formula is C21H22N2O2S. The molecule has 0 aliphatic carbocycles. The highest BCUT2D eigenvalue weighted by atomic mass is 32.1. The van der Waals surface area contributed by atoms with Crippen LogP contribution in [-0.2, 0) is 6.61 Å². The summed E-state index contributed by atoms with van der Waals surface area (Å²) in [7, 11) is 0. The first-order chi connectivity index (χ1) is 12.6. The zero-order valence-electron chi connectivity index (χ0n) is 14.9. The van der Waals surface area contributed by atoms with Crippen LogP contribution in [0, 0.1) is 6.92 Å². The quantitative estimate of drug-likeness (QED) is 0.667. The monoisotopic (exact) mass is 366 g/mol. The number of thiazole rings is 1. The molecule has 0 saturated carbocycles. The largest absolute Gasteiger partial charge is 0.486 e. The summed E-state index contributed by atoms with van der Waals surface area (Å²) in [6.07, 6.45) is 0. The third kappa shape index (κ3) is 4.92. The van der Waals surface area contributed by atoms with Gasteiger partial charge in [0.15, 0.2) is 0 Å². The van der Waals surface area contributed by atoms with Crippen LogP contribution in [-0.4, -0.2) is 17.4 Å². The standard InChI is InChI=1S/C21H22N2O2S/c1-15-8-10-18(11-9-15)25-13-20-23-19(14-26-20)21(24)22-12-16(2)17-6-4-3-5-7-17/h3-11,14,16H,12-13H2,1-2H3,(H,22,24). The van der Waals surface area contributed by atoms with Crippen molar-refractivity contribution < 1.29 is 9.53 Å². The minimum Gasteiger partial charge on any atom is -0.486 e. The third-order valence-electron chi connectivity index (χ3n) is 4.11. The van der Waals surface area contributed by atoms with Crippen molar-refractivity contribution >= 4 is 17.2 Å². The highest BCUT2D eigenvalue weighted by Crippen LogP contribution is 2.17. The number of rotatable bonds is 7. The van der Waals surface area contributed by atoms with E-state index in [4.69, 9.17) is 4.74 Å². The summed E-state index contributed by atoms with van der Waals surface area (Å²) in [5, 5.41) is 5.51. The number of nitrogens with one attached hydrogen (secondary N) is 1. The number of carbonyl (C=O) groups is 1. The van der Waals surface area contributed by atoms with E-state index >= 15 is 0 Å². The summed E-state index contributed by atoms with van der Waals surface area (Å²) in [5.74, 6) is 0.905.